The van der Waals surface area contributed by atoms with Gasteiger partial charge in [0.2, 0.25) is 0 Å². The Balaban J connectivity index is 1.67. The zero-order valence-electron chi connectivity index (χ0n) is 19.2. The van der Waals surface area contributed by atoms with Gasteiger partial charge in [-0.25, -0.2) is 0 Å². The third kappa shape index (κ3) is 5.86. The number of aryl methyl sites for hydroxylation is 2. The summed E-state index contributed by atoms with van der Waals surface area (Å²) in [4.78, 5) is 37.8. The molecule has 2 N–H and O–H groups in total. The number of non-ortho nitro benzene ring substituents is 1. The molecule has 33 heavy (non-hydrogen) atoms. The first-order valence-corrected chi connectivity index (χ1v) is 10.5. The minimum Gasteiger partial charge on any atom is -0.351 e. The van der Waals surface area contributed by atoms with Crippen LogP contribution in [0.1, 0.15) is 27.4 Å². The largest absolute Gasteiger partial charge is 0.351 e. The van der Waals surface area contributed by atoms with Crippen molar-refractivity contribution < 1.29 is 14.5 Å². The Bertz CT molecular complexity index is 1160. The summed E-state index contributed by atoms with van der Waals surface area (Å²) in [5, 5.41) is 16.6. The average molecular weight is 453 g/mol. The normalized spacial score (nSPS) is 10.9. The van der Waals surface area contributed by atoms with Gasteiger partial charge in [0.25, 0.3) is 17.5 Å². The van der Waals surface area contributed by atoms with Crippen molar-refractivity contribution in [2.45, 2.75) is 6.42 Å². The fourth-order valence-corrected chi connectivity index (χ4v) is 3.47. The Kier molecular flexibility index (Phi) is 7.29. The minimum atomic E-state index is -0.453. The number of nitrogens with zero attached hydrogens (tertiary/aromatic N) is 4. The first-order valence-electron chi connectivity index (χ1n) is 10.5. The predicted octanol–water partition coefficient (Wildman–Crippen LogP) is 2.87. The molecule has 0 aliphatic rings. The maximum atomic E-state index is 12.9. The molecule has 3 aromatic rings. The van der Waals surface area contributed by atoms with E-state index in [4.69, 9.17) is 0 Å². The number of carbonyl (C=O) groups excluding carboxylic acids is 2. The molecule has 0 saturated heterocycles. The third-order valence-electron chi connectivity index (χ3n) is 5.21. The van der Waals surface area contributed by atoms with Crippen molar-refractivity contribution in [3.8, 4) is 11.1 Å². The Morgan fingerprint density at radius 1 is 0.970 bits per heavy atom. The molecule has 1 aromatic carbocycles. The van der Waals surface area contributed by atoms with Gasteiger partial charge in [-0.05, 0) is 56.9 Å². The second-order valence-corrected chi connectivity index (χ2v) is 8.12. The summed E-state index contributed by atoms with van der Waals surface area (Å²) in [7, 11) is 7.46. The lowest BCUT2D eigenvalue weighted by Gasteiger charge is -2.10. The van der Waals surface area contributed by atoms with Crippen molar-refractivity contribution in [2.24, 2.45) is 14.1 Å². The first kappa shape index (κ1) is 23.7. The lowest BCUT2D eigenvalue weighted by molar-refractivity contribution is -0.384. The van der Waals surface area contributed by atoms with Gasteiger partial charge < -0.3 is 24.7 Å². The number of hydrogen-bond acceptors (Lipinski definition) is 5. The molecule has 2 aromatic heterocycles. The molecule has 174 valence electrons. The maximum Gasteiger partial charge on any atom is 0.272 e. The summed E-state index contributed by atoms with van der Waals surface area (Å²) in [5.74, 6) is -0.523. The van der Waals surface area contributed by atoms with E-state index in [1.807, 2.05) is 14.1 Å². The quantitative estimate of drug-likeness (QED) is 0.294. The van der Waals surface area contributed by atoms with Gasteiger partial charge in [0.1, 0.15) is 11.4 Å². The second-order valence-electron chi connectivity index (χ2n) is 8.12. The van der Waals surface area contributed by atoms with Crippen LogP contribution in [0, 0.1) is 10.1 Å². The van der Waals surface area contributed by atoms with Gasteiger partial charge >= 0.3 is 0 Å². The molecule has 10 nitrogen and oxygen atoms in total. The summed E-state index contributed by atoms with van der Waals surface area (Å²) in [6.45, 7) is 1.45. The van der Waals surface area contributed by atoms with Crippen LogP contribution in [0.15, 0.2) is 48.8 Å². The van der Waals surface area contributed by atoms with E-state index in [9.17, 15) is 19.7 Å². The molecular formula is C23H28N6O4. The highest BCUT2D eigenvalue weighted by atomic mass is 16.6. The van der Waals surface area contributed by atoms with Crippen LogP contribution in [0.2, 0.25) is 0 Å². The summed E-state index contributed by atoms with van der Waals surface area (Å²) in [6, 6.07) is 9.51. The average Bonchev–Trinajstić information content (AvgIpc) is 3.33. The standard InChI is InChI=1S/C23H28N6O4/c1-26(2)11-5-10-24-22(30)21-13-18(15-28(21)4)25-23(31)20-12-17(14-27(20)3)16-6-8-19(9-7-16)29(32)33/h6-9,12-15H,5,10-11H2,1-4H3,(H,24,30)(H,25,31). The monoisotopic (exact) mass is 452 g/mol. The molecule has 0 aliphatic heterocycles. The Hall–Kier alpha value is -3.92. The van der Waals surface area contributed by atoms with Crippen LogP contribution >= 0.6 is 0 Å². The number of benzene rings is 1. The minimum absolute atomic E-state index is 0.00858. The van der Waals surface area contributed by atoms with Crippen molar-refractivity contribution in [1.82, 2.24) is 19.4 Å². The molecule has 10 heteroatoms. The van der Waals surface area contributed by atoms with Gasteiger partial charge in [0, 0.05) is 50.7 Å². The molecular weight excluding hydrogens is 424 g/mol. The molecule has 0 unspecified atom stereocenters. The smallest absolute Gasteiger partial charge is 0.272 e. The third-order valence-corrected chi connectivity index (χ3v) is 5.21. The molecule has 3 rings (SSSR count). The van der Waals surface area contributed by atoms with E-state index < -0.39 is 4.92 Å². The molecule has 0 spiro atoms. The molecule has 2 amide bonds. The molecule has 0 fully saturated rings. The van der Waals surface area contributed by atoms with Crippen LogP contribution in [0.5, 0.6) is 0 Å². The number of rotatable bonds is 9. The topological polar surface area (TPSA) is 114 Å². The van der Waals surface area contributed by atoms with Gasteiger partial charge in [-0.1, -0.05) is 0 Å². The molecule has 0 atom stereocenters. The highest BCUT2D eigenvalue weighted by Crippen LogP contribution is 2.25. The fourth-order valence-electron chi connectivity index (χ4n) is 3.47. The van der Waals surface area contributed by atoms with E-state index in [1.54, 1.807) is 59.9 Å². The van der Waals surface area contributed by atoms with Crippen LogP contribution in [-0.2, 0) is 14.1 Å². The number of amides is 2. The van der Waals surface area contributed by atoms with Gasteiger partial charge in [-0.15, -0.1) is 0 Å². The van der Waals surface area contributed by atoms with E-state index in [-0.39, 0.29) is 17.5 Å². The van der Waals surface area contributed by atoms with E-state index in [0.717, 1.165) is 24.1 Å². The number of hydrogen-bond donors (Lipinski definition) is 2. The zero-order chi connectivity index (χ0) is 24.1. The number of aromatic nitrogens is 2. The number of nitro benzene ring substituents is 1. The summed E-state index contributed by atoms with van der Waals surface area (Å²) >= 11 is 0. The Morgan fingerprint density at radius 2 is 1.61 bits per heavy atom. The summed E-state index contributed by atoms with van der Waals surface area (Å²) in [6.07, 6.45) is 4.32. The number of nitrogens with one attached hydrogen (secondary N) is 2. The number of anilines is 1. The van der Waals surface area contributed by atoms with E-state index in [2.05, 4.69) is 15.5 Å². The van der Waals surface area contributed by atoms with Crippen molar-refractivity contribution in [3.05, 3.63) is 70.3 Å². The van der Waals surface area contributed by atoms with Crippen LogP contribution in [0.3, 0.4) is 0 Å². The predicted molar refractivity (Wildman–Crippen MR) is 126 cm³/mol. The van der Waals surface area contributed by atoms with Crippen LogP contribution in [0.4, 0.5) is 11.4 Å². The highest BCUT2D eigenvalue weighted by Gasteiger charge is 2.17. The van der Waals surface area contributed by atoms with E-state index >= 15 is 0 Å². The van der Waals surface area contributed by atoms with Crippen LogP contribution in [-0.4, -0.2) is 58.0 Å². The number of carbonyl (C=O) groups is 2. The number of nitro groups is 1. The molecule has 0 saturated carbocycles. The van der Waals surface area contributed by atoms with Crippen molar-refractivity contribution in [1.29, 1.82) is 0 Å². The SMILES string of the molecule is CN(C)CCCNC(=O)c1cc(NC(=O)c2cc(-c3ccc([N+](=O)[O-])cc3)cn2C)cn1C. The molecule has 0 aliphatic carbocycles. The van der Waals surface area contributed by atoms with Gasteiger partial charge in [0.05, 0.1) is 10.6 Å². The van der Waals surface area contributed by atoms with Crippen molar-refractivity contribution in [2.75, 3.05) is 32.5 Å². The van der Waals surface area contributed by atoms with Crippen LogP contribution in [0.25, 0.3) is 11.1 Å². The van der Waals surface area contributed by atoms with E-state index in [0.29, 0.717) is 23.6 Å². The first-order chi connectivity index (χ1) is 15.7. The van der Waals surface area contributed by atoms with Crippen LogP contribution < -0.4 is 10.6 Å². The fraction of sp³-hybridized carbons (Fsp3) is 0.304. The highest BCUT2D eigenvalue weighted by molar-refractivity contribution is 6.05. The lowest BCUT2D eigenvalue weighted by Crippen LogP contribution is -2.28. The maximum absolute atomic E-state index is 12.9. The van der Waals surface area contributed by atoms with Gasteiger partial charge in [0.15, 0.2) is 0 Å². The molecule has 0 radical (unpaired) electrons. The summed E-state index contributed by atoms with van der Waals surface area (Å²) in [5.41, 5.74) is 2.93. The lowest BCUT2D eigenvalue weighted by atomic mass is 10.1. The molecule has 0 bridgehead atoms. The van der Waals surface area contributed by atoms with Gasteiger partial charge in [-0.2, -0.15) is 0 Å². The Morgan fingerprint density at radius 3 is 2.24 bits per heavy atom. The zero-order valence-corrected chi connectivity index (χ0v) is 19.2. The Labute approximate surface area is 192 Å². The summed E-state index contributed by atoms with van der Waals surface area (Å²) < 4.78 is 3.36. The second kappa shape index (κ2) is 10.1. The van der Waals surface area contributed by atoms with E-state index in [1.165, 1.54) is 12.1 Å². The van der Waals surface area contributed by atoms with Crippen molar-refractivity contribution in [3.63, 3.8) is 0 Å². The van der Waals surface area contributed by atoms with Gasteiger partial charge in [-0.3, -0.25) is 19.7 Å². The van der Waals surface area contributed by atoms with Crippen molar-refractivity contribution >= 4 is 23.2 Å². The molecule has 2 heterocycles.